The Morgan fingerprint density at radius 2 is 1.78 bits per heavy atom. The number of carbonyl (C=O) groups is 1. The van der Waals surface area contributed by atoms with Gasteiger partial charge in [-0.15, -0.1) is 0 Å². The van der Waals surface area contributed by atoms with E-state index in [1.807, 2.05) is 4.90 Å². The van der Waals surface area contributed by atoms with E-state index < -0.39 is 0 Å². The number of amides is 1. The maximum absolute atomic E-state index is 12.2. The normalized spacial score (nSPS) is 18.2. The van der Waals surface area contributed by atoms with Crippen molar-refractivity contribution in [3.8, 4) is 0 Å². The highest BCUT2D eigenvalue weighted by Gasteiger charge is 2.18. The van der Waals surface area contributed by atoms with Gasteiger partial charge in [0, 0.05) is 18.7 Å². The average Bonchev–Trinajstić information content (AvgIpc) is 2.43. The summed E-state index contributed by atoms with van der Waals surface area (Å²) in [6.07, 6.45) is 4.97. The van der Waals surface area contributed by atoms with Gasteiger partial charge in [0.05, 0.1) is 14.2 Å². The summed E-state index contributed by atoms with van der Waals surface area (Å²) in [5, 5.41) is 0. The van der Waals surface area contributed by atoms with Crippen LogP contribution in [0.2, 0.25) is 0 Å². The van der Waals surface area contributed by atoms with Gasteiger partial charge in [0.1, 0.15) is 0 Å². The molecule has 0 bridgehead atoms. The van der Waals surface area contributed by atoms with Crippen molar-refractivity contribution in [1.29, 1.82) is 0 Å². The molecular weight excluding hydrogens is 232 g/mol. The predicted octanol–water partition coefficient (Wildman–Crippen LogP) is 1.37. The molecule has 1 aliphatic heterocycles. The molecule has 1 amide bonds. The highest BCUT2D eigenvalue weighted by molar-refractivity contribution is 5.93. The second-order valence-corrected chi connectivity index (χ2v) is 4.32. The van der Waals surface area contributed by atoms with E-state index in [1.54, 1.807) is 13.0 Å². The van der Waals surface area contributed by atoms with Gasteiger partial charge in [0.2, 0.25) is 11.8 Å². The first-order chi connectivity index (χ1) is 8.60. The molecule has 5 nitrogen and oxygen atoms in total. The Labute approximate surface area is 108 Å². The molecule has 0 radical (unpaired) electrons. The second kappa shape index (κ2) is 6.93. The van der Waals surface area contributed by atoms with E-state index in [-0.39, 0.29) is 11.8 Å². The second-order valence-electron chi connectivity index (χ2n) is 4.32. The van der Waals surface area contributed by atoms with Gasteiger partial charge in [-0.25, -0.2) is 0 Å². The molecule has 5 heteroatoms. The number of ether oxygens (including phenoxy) is 2. The summed E-state index contributed by atoms with van der Waals surface area (Å²) >= 11 is 0. The lowest BCUT2D eigenvalue weighted by molar-refractivity contribution is -0.127. The zero-order valence-corrected chi connectivity index (χ0v) is 11.4. The van der Waals surface area contributed by atoms with Crippen LogP contribution < -0.4 is 5.73 Å². The average molecular weight is 254 g/mol. The van der Waals surface area contributed by atoms with Crippen LogP contribution in [0.5, 0.6) is 0 Å². The highest BCUT2D eigenvalue weighted by atomic mass is 16.5. The molecule has 0 saturated carbocycles. The number of hydrogen-bond acceptors (Lipinski definition) is 4. The first-order valence-electron chi connectivity index (χ1n) is 6.15. The van der Waals surface area contributed by atoms with Gasteiger partial charge in [-0.1, -0.05) is 0 Å². The first-order valence-corrected chi connectivity index (χ1v) is 6.15. The summed E-state index contributed by atoms with van der Waals surface area (Å²) in [6, 6.07) is 0. The van der Waals surface area contributed by atoms with Crippen LogP contribution >= 0.6 is 0 Å². The van der Waals surface area contributed by atoms with Crippen LogP contribution in [0.1, 0.15) is 26.2 Å². The van der Waals surface area contributed by atoms with Gasteiger partial charge >= 0.3 is 0 Å². The van der Waals surface area contributed by atoms with Crippen LogP contribution in [0.25, 0.3) is 0 Å². The Morgan fingerprint density at radius 1 is 1.17 bits per heavy atom. The van der Waals surface area contributed by atoms with Crippen LogP contribution in [0.3, 0.4) is 0 Å². The van der Waals surface area contributed by atoms with Gasteiger partial charge < -0.3 is 20.1 Å². The molecule has 1 rings (SSSR count). The lowest BCUT2D eigenvalue weighted by Crippen LogP contribution is -2.36. The molecule has 2 N–H and O–H groups in total. The molecule has 0 atom stereocenters. The molecule has 0 aromatic heterocycles. The predicted molar refractivity (Wildman–Crippen MR) is 69.4 cm³/mol. The molecule has 1 heterocycles. The summed E-state index contributed by atoms with van der Waals surface area (Å²) in [4.78, 5) is 14.0. The van der Waals surface area contributed by atoms with Gasteiger partial charge in [0.15, 0.2) is 5.76 Å². The third-order valence-corrected chi connectivity index (χ3v) is 3.01. The van der Waals surface area contributed by atoms with E-state index in [9.17, 15) is 4.79 Å². The van der Waals surface area contributed by atoms with Gasteiger partial charge in [-0.05, 0) is 32.3 Å². The molecule has 1 saturated heterocycles. The van der Waals surface area contributed by atoms with Crippen LogP contribution in [0.15, 0.2) is 23.3 Å². The minimum Gasteiger partial charge on any atom is -0.491 e. The fourth-order valence-corrected chi connectivity index (χ4v) is 1.94. The van der Waals surface area contributed by atoms with Crippen molar-refractivity contribution in [1.82, 2.24) is 4.90 Å². The van der Waals surface area contributed by atoms with E-state index in [0.29, 0.717) is 11.3 Å². The number of piperidine rings is 1. The SMILES string of the molecule is CO/C(N)=C(/C=C(\C)C(=O)N1CCCCC1)OC. The molecule has 0 aromatic rings. The topological polar surface area (TPSA) is 64.8 Å². The molecule has 1 fully saturated rings. The summed E-state index contributed by atoms with van der Waals surface area (Å²) < 4.78 is 9.99. The molecule has 0 spiro atoms. The van der Waals surface area contributed by atoms with Crippen molar-refractivity contribution in [2.45, 2.75) is 26.2 Å². The summed E-state index contributed by atoms with van der Waals surface area (Å²) in [7, 11) is 2.96. The number of likely N-dealkylation sites (tertiary alicyclic amines) is 1. The van der Waals surface area contributed by atoms with E-state index in [4.69, 9.17) is 15.2 Å². The molecule has 102 valence electrons. The number of rotatable bonds is 4. The van der Waals surface area contributed by atoms with Crippen molar-refractivity contribution < 1.29 is 14.3 Å². The van der Waals surface area contributed by atoms with E-state index >= 15 is 0 Å². The van der Waals surface area contributed by atoms with E-state index in [1.165, 1.54) is 20.6 Å². The third kappa shape index (κ3) is 3.68. The highest BCUT2D eigenvalue weighted by Crippen LogP contribution is 2.14. The molecule has 0 aliphatic carbocycles. The first kappa shape index (κ1) is 14.4. The zero-order chi connectivity index (χ0) is 13.5. The fourth-order valence-electron chi connectivity index (χ4n) is 1.94. The smallest absolute Gasteiger partial charge is 0.249 e. The van der Waals surface area contributed by atoms with Gasteiger partial charge in [-0.2, -0.15) is 0 Å². The van der Waals surface area contributed by atoms with Crippen LogP contribution in [0, 0.1) is 0 Å². The number of carbonyl (C=O) groups excluding carboxylic acids is 1. The molecule has 0 aromatic carbocycles. The number of methoxy groups -OCH3 is 2. The Morgan fingerprint density at radius 3 is 2.28 bits per heavy atom. The summed E-state index contributed by atoms with van der Waals surface area (Å²) in [5.41, 5.74) is 6.22. The Bertz CT molecular complexity index is 355. The number of hydrogen-bond donors (Lipinski definition) is 1. The molecule has 18 heavy (non-hydrogen) atoms. The van der Waals surface area contributed by atoms with Crippen LogP contribution in [0.4, 0.5) is 0 Å². The maximum Gasteiger partial charge on any atom is 0.249 e. The Balaban J connectivity index is 2.78. The zero-order valence-electron chi connectivity index (χ0n) is 11.4. The molecular formula is C13H22N2O3. The molecule has 0 unspecified atom stereocenters. The maximum atomic E-state index is 12.2. The quantitative estimate of drug-likeness (QED) is 0.467. The minimum absolute atomic E-state index is 0.0353. The Hall–Kier alpha value is -1.65. The van der Waals surface area contributed by atoms with E-state index in [2.05, 4.69) is 0 Å². The van der Waals surface area contributed by atoms with Crippen molar-refractivity contribution in [3.05, 3.63) is 23.3 Å². The van der Waals surface area contributed by atoms with Crippen molar-refractivity contribution in [3.63, 3.8) is 0 Å². The standard InChI is InChI=1S/C13H22N2O3/c1-10(9-11(17-2)12(14)18-3)13(16)15-7-5-4-6-8-15/h9H,4-8,14H2,1-3H3/b10-9+,12-11-. The fraction of sp³-hybridized carbons (Fsp3) is 0.615. The number of allylic oxidation sites excluding steroid dienone is 1. The minimum atomic E-state index is 0.0353. The monoisotopic (exact) mass is 254 g/mol. The van der Waals surface area contributed by atoms with Crippen molar-refractivity contribution in [2.24, 2.45) is 5.73 Å². The van der Waals surface area contributed by atoms with Gasteiger partial charge in [-0.3, -0.25) is 4.79 Å². The Kier molecular flexibility index (Phi) is 5.55. The summed E-state index contributed by atoms with van der Waals surface area (Å²) in [6.45, 7) is 3.42. The van der Waals surface area contributed by atoms with Crippen LogP contribution in [-0.2, 0) is 14.3 Å². The lowest BCUT2D eigenvalue weighted by Gasteiger charge is -2.27. The van der Waals surface area contributed by atoms with Crippen molar-refractivity contribution >= 4 is 5.91 Å². The largest absolute Gasteiger partial charge is 0.491 e. The van der Waals surface area contributed by atoms with Crippen LogP contribution in [-0.4, -0.2) is 38.1 Å². The van der Waals surface area contributed by atoms with Crippen molar-refractivity contribution in [2.75, 3.05) is 27.3 Å². The number of nitrogens with two attached hydrogens (primary N) is 1. The lowest BCUT2D eigenvalue weighted by atomic mass is 10.1. The molecule has 1 aliphatic rings. The van der Waals surface area contributed by atoms with E-state index in [0.717, 1.165) is 25.9 Å². The third-order valence-electron chi connectivity index (χ3n) is 3.01. The van der Waals surface area contributed by atoms with Gasteiger partial charge in [0.25, 0.3) is 0 Å². The summed E-state index contributed by atoms with van der Waals surface area (Å²) in [5.74, 6) is 0.580. The number of nitrogens with zero attached hydrogens (tertiary/aromatic N) is 1.